The number of nitrogens with zero attached hydrogens (tertiary/aromatic N) is 1. The normalized spacial score (nSPS) is 31.4. The Labute approximate surface area is 111 Å². The monoisotopic (exact) mass is 276 g/mol. The molecule has 2 aliphatic rings. The molecule has 0 aliphatic carbocycles. The van der Waals surface area contributed by atoms with Crippen LogP contribution in [0.2, 0.25) is 0 Å². The highest BCUT2D eigenvalue weighted by Crippen LogP contribution is 2.21. The van der Waals surface area contributed by atoms with Crippen LogP contribution < -0.4 is 11.1 Å². The molecule has 2 rings (SSSR count). The zero-order valence-corrected chi connectivity index (χ0v) is 10.8. The van der Waals surface area contributed by atoms with Gasteiger partial charge in [-0.1, -0.05) is 11.6 Å². The summed E-state index contributed by atoms with van der Waals surface area (Å²) < 4.78 is 19.1. The van der Waals surface area contributed by atoms with Gasteiger partial charge in [-0.25, -0.2) is 4.39 Å². The number of halogens is 2. The molecule has 0 radical (unpaired) electrons. The van der Waals surface area contributed by atoms with Gasteiger partial charge in [0.1, 0.15) is 11.3 Å². The molecule has 2 atom stereocenters. The lowest BCUT2D eigenvalue weighted by Gasteiger charge is -2.43. The lowest BCUT2D eigenvalue weighted by Crippen LogP contribution is -2.58. The van der Waals surface area contributed by atoms with Gasteiger partial charge in [0.15, 0.2) is 0 Å². The number of allylic oxidation sites excluding steroid dienone is 1. The van der Waals surface area contributed by atoms with E-state index < -0.39 is 6.17 Å². The van der Waals surface area contributed by atoms with E-state index in [0.29, 0.717) is 32.2 Å². The average molecular weight is 277 g/mol. The van der Waals surface area contributed by atoms with Crippen LogP contribution in [0.5, 0.6) is 0 Å². The van der Waals surface area contributed by atoms with Crippen LogP contribution in [0.1, 0.15) is 6.42 Å². The van der Waals surface area contributed by atoms with E-state index in [2.05, 4.69) is 10.2 Å². The Morgan fingerprint density at radius 3 is 2.78 bits per heavy atom. The topological polar surface area (TPSA) is 74.4 Å². The highest BCUT2D eigenvalue weighted by Gasteiger charge is 2.35. The van der Waals surface area contributed by atoms with Gasteiger partial charge in [0.25, 0.3) is 0 Å². The SMILES string of the molecule is N=C/C(N)=C(/Cl)NC1CCN(C2COC2)CC1F. The fourth-order valence-corrected chi connectivity index (χ4v) is 2.36. The quantitative estimate of drug-likeness (QED) is 0.513. The van der Waals surface area contributed by atoms with E-state index in [9.17, 15) is 4.39 Å². The Morgan fingerprint density at radius 2 is 2.28 bits per heavy atom. The number of rotatable bonds is 4. The van der Waals surface area contributed by atoms with Gasteiger partial charge >= 0.3 is 0 Å². The van der Waals surface area contributed by atoms with Gasteiger partial charge in [-0.05, 0) is 6.42 Å². The lowest BCUT2D eigenvalue weighted by atomic mass is 10.0. The van der Waals surface area contributed by atoms with Crippen LogP contribution in [0.15, 0.2) is 10.9 Å². The molecule has 0 saturated carbocycles. The molecular weight excluding hydrogens is 259 g/mol. The van der Waals surface area contributed by atoms with Gasteiger partial charge in [-0.2, -0.15) is 0 Å². The first-order chi connectivity index (χ1) is 8.61. The maximum Gasteiger partial charge on any atom is 0.133 e. The molecule has 0 aromatic heterocycles. The van der Waals surface area contributed by atoms with Gasteiger partial charge in [0, 0.05) is 19.3 Å². The Hall–Kier alpha value is -0.850. The fourth-order valence-electron chi connectivity index (χ4n) is 2.17. The molecule has 0 aromatic rings. The van der Waals surface area contributed by atoms with E-state index in [4.69, 9.17) is 27.5 Å². The zero-order valence-electron chi connectivity index (χ0n) is 10.0. The minimum absolute atomic E-state index is 0.124. The van der Waals surface area contributed by atoms with E-state index in [0.717, 1.165) is 12.8 Å². The third-order valence-corrected chi connectivity index (χ3v) is 3.76. The van der Waals surface area contributed by atoms with Crippen molar-refractivity contribution in [2.24, 2.45) is 5.73 Å². The number of hydrogen-bond donors (Lipinski definition) is 3. The number of nitrogens with two attached hydrogens (primary N) is 1. The smallest absolute Gasteiger partial charge is 0.133 e. The second-order valence-corrected chi connectivity index (χ2v) is 5.03. The Kier molecular flexibility index (Phi) is 4.42. The summed E-state index contributed by atoms with van der Waals surface area (Å²) in [6.07, 6.45) is 0.620. The van der Waals surface area contributed by atoms with Crippen molar-refractivity contribution in [3.05, 3.63) is 10.9 Å². The highest BCUT2D eigenvalue weighted by atomic mass is 35.5. The summed E-state index contributed by atoms with van der Waals surface area (Å²) in [5, 5.41) is 9.98. The fraction of sp³-hybridized carbons (Fsp3) is 0.727. The number of nitrogens with one attached hydrogen (secondary N) is 2. The van der Waals surface area contributed by atoms with Crippen LogP contribution in [0, 0.1) is 5.41 Å². The minimum Gasteiger partial charge on any atom is -0.395 e. The molecule has 0 bridgehead atoms. The molecule has 0 aromatic carbocycles. The van der Waals surface area contributed by atoms with Gasteiger partial charge in [-0.15, -0.1) is 0 Å². The molecule has 5 nitrogen and oxygen atoms in total. The molecule has 0 spiro atoms. The molecule has 2 fully saturated rings. The van der Waals surface area contributed by atoms with Crippen molar-refractivity contribution in [3.8, 4) is 0 Å². The largest absolute Gasteiger partial charge is 0.395 e. The first-order valence-electron chi connectivity index (χ1n) is 6.00. The number of hydrogen-bond acceptors (Lipinski definition) is 5. The van der Waals surface area contributed by atoms with Crippen LogP contribution in [0.3, 0.4) is 0 Å². The van der Waals surface area contributed by atoms with Crippen molar-refractivity contribution in [2.75, 3.05) is 26.3 Å². The van der Waals surface area contributed by atoms with E-state index in [1.54, 1.807) is 0 Å². The summed E-state index contributed by atoms with van der Waals surface area (Å²) >= 11 is 5.86. The Morgan fingerprint density at radius 1 is 1.56 bits per heavy atom. The van der Waals surface area contributed by atoms with Gasteiger partial charge in [0.2, 0.25) is 0 Å². The summed E-state index contributed by atoms with van der Waals surface area (Å²) in [4.78, 5) is 2.12. The first-order valence-corrected chi connectivity index (χ1v) is 6.37. The maximum atomic E-state index is 14.0. The summed E-state index contributed by atoms with van der Waals surface area (Å²) in [5.74, 6) is 0. The van der Waals surface area contributed by atoms with Crippen molar-refractivity contribution >= 4 is 17.8 Å². The Balaban J connectivity index is 1.87. The lowest BCUT2D eigenvalue weighted by molar-refractivity contribution is -0.0813. The van der Waals surface area contributed by atoms with E-state index in [-0.39, 0.29) is 16.9 Å². The number of piperidine rings is 1. The van der Waals surface area contributed by atoms with Crippen LogP contribution in [-0.4, -0.2) is 55.7 Å². The predicted octanol–water partition coefficient (Wildman–Crippen LogP) is 0.403. The van der Waals surface area contributed by atoms with Crippen LogP contribution in [-0.2, 0) is 4.74 Å². The molecule has 7 heteroatoms. The second kappa shape index (κ2) is 5.86. The van der Waals surface area contributed by atoms with E-state index in [1.807, 2.05) is 0 Å². The number of ether oxygens (including phenoxy) is 1. The summed E-state index contributed by atoms with van der Waals surface area (Å²) in [5.41, 5.74) is 5.60. The standard InChI is InChI=1S/C11H18ClFN4O/c12-11(9(15)3-14)16-10-1-2-17(4-8(10)13)7-5-18-6-7/h3,7-8,10,14,16H,1-2,4-6,15H2/b11-9+,14-3?. The third-order valence-electron chi connectivity index (χ3n) is 3.43. The maximum absolute atomic E-state index is 14.0. The van der Waals surface area contributed by atoms with Crippen LogP contribution in [0.4, 0.5) is 4.39 Å². The predicted molar refractivity (Wildman–Crippen MR) is 68.5 cm³/mol. The molecule has 2 heterocycles. The molecule has 2 saturated heterocycles. The molecule has 102 valence electrons. The van der Waals surface area contributed by atoms with Gasteiger partial charge in [0.05, 0.1) is 31.0 Å². The van der Waals surface area contributed by atoms with Crippen molar-refractivity contribution in [1.29, 1.82) is 5.41 Å². The molecule has 2 unspecified atom stereocenters. The van der Waals surface area contributed by atoms with Crippen LogP contribution >= 0.6 is 11.6 Å². The van der Waals surface area contributed by atoms with Crippen molar-refractivity contribution in [1.82, 2.24) is 10.2 Å². The highest BCUT2D eigenvalue weighted by molar-refractivity contribution is 6.30. The zero-order chi connectivity index (χ0) is 13.1. The number of likely N-dealkylation sites (tertiary alicyclic amines) is 1. The van der Waals surface area contributed by atoms with E-state index >= 15 is 0 Å². The van der Waals surface area contributed by atoms with E-state index in [1.165, 1.54) is 0 Å². The van der Waals surface area contributed by atoms with Gasteiger partial charge < -0.3 is 21.2 Å². The molecule has 4 N–H and O–H groups in total. The molecule has 0 amide bonds. The van der Waals surface area contributed by atoms with Gasteiger partial charge in [-0.3, -0.25) is 4.90 Å². The molecule has 18 heavy (non-hydrogen) atoms. The van der Waals surface area contributed by atoms with Crippen LogP contribution in [0.25, 0.3) is 0 Å². The summed E-state index contributed by atoms with van der Waals surface area (Å²) in [7, 11) is 0. The average Bonchev–Trinajstić information content (AvgIpc) is 2.29. The minimum atomic E-state index is -0.994. The third kappa shape index (κ3) is 2.93. The van der Waals surface area contributed by atoms with Crippen molar-refractivity contribution in [3.63, 3.8) is 0 Å². The number of alkyl halides is 1. The first kappa shape index (κ1) is 13.6. The molecular formula is C11H18ClFN4O. The van der Waals surface area contributed by atoms with Crippen molar-refractivity contribution in [2.45, 2.75) is 24.7 Å². The summed E-state index contributed by atoms with van der Waals surface area (Å²) in [6.45, 7) is 2.61. The van der Waals surface area contributed by atoms with Crippen molar-refractivity contribution < 1.29 is 9.13 Å². The Bertz CT molecular complexity index is 348. The second-order valence-electron chi connectivity index (χ2n) is 4.66. The summed E-state index contributed by atoms with van der Waals surface area (Å²) in [6, 6.07) is 0.0232. The molecule has 2 aliphatic heterocycles.